The van der Waals surface area contributed by atoms with Crippen molar-refractivity contribution in [2.45, 2.75) is 32.6 Å². The fourth-order valence-corrected chi connectivity index (χ4v) is 5.64. The molecule has 2 amide bonds. The Bertz CT molecular complexity index is 1850. The van der Waals surface area contributed by atoms with Gasteiger partial charge in [-0.05, 0) is 86.7 Å². The maximum absolute atomic E-state index is 12.7. The third-order valence-corrected chi connectivity index (χ3v) is 8.21. The zero-order valence-electron chi connectivity index (χ0n) is 25.4. The maximum atomic E-state index is 12.7. The molecule has 3 aromatic carbocycles. The molecular formula is C33H26Cl4N2O9. The SMILES string of the molecule is CCOC(=O)/C(Cl)=C/c1cc(N2C(=O)C3=C(CCCC3)C2=O)ccc1Cl.COC(=O)c1cc(Oc2ccc(Cl)cc2Cl)ccc1[N+](=O)[O-]. The summed E-state index contributed by atoms with van der Waals surface area (Å²) in [6.45, 7) is 1.87. The summed E-state index contributed by atoms with van der Waals surface area (Å²) in [5.41, 5.74) is 1.46. The zero-order chi connectivity index (χ0) is 35.1. The number of amides is 2. The molecule has 5 rings (SSSR count). The third kappa shape index (κ3) is 8.35. The van der Waals surface area contributed by atoms with E-state index in [1.54, 1.807) is 37.3 Å². The first-order valence-electron chi connectivity index (χ1n) is 14.3. The predicted molar refractivity (Wildman–Crippen MR) is 181 cm³/mol. The molecule has 0 radical (unpaired) electrons. The minimum absolute atomic E-state index is 0.137. The second-order valence-electron chi connectivity index (χ2n) is 10.1. The third-order valence-electron chi connectivity index (χ3n) is 7.07. The molecule has 0 fully saturated rings. The Morgan fingerprint density at radius 2 is 1.60 bits per heavy atom. The quantitative estimate of drug-likeness (QED) is 0.0730. The lowest BCUT2D eigenvalue weighted by Crippen LogP contribution is -2.31. The van der Waals surface area contributed by atoms with Crippen molar-refractivity contribution in [3.05, 3.63) is 107 Å². The fraction of sp³-hybridized carbons (Fsp3) is 0.212. The summed E-state index contributed by atoms with van der Waals surface area (Å²) < 4.78 is 14.9. The Hall–Kier alpha value is -4.42. The minimum atomic E-state index is -0.834. The average Bonchev–Trinajstić information content (AvgIpc) is 3.32. The standard InChI is InChI=1S/C19H17Cl2NO4.C14H9Cl2NO5/c1-2-26-19(25)16(21)10-11-9-12(7-8-15(11)20)22-17(23)13-5-3-4-6-14(13)18(22)24;1-21-14(18)10-7-9(3-4-12(10)17(19)20)22-13-5-2-8(15)6-11(13)16/h7-10H,2-6H2,1H3;2-7H,1H3/b16-10-;. The Kier molecular flexibility index (Phi) is 12.2. The lowest BCUT2D eigenvalue weighted by molar-refractivity contribution is -0.385. The monoisotopic (exact) mass is 734 g/mol. The van der Waals surface area contributed by atoms with E-state index >= 15 is 0 Å². The van der Waals surface area contributed by atoms with E-state index in [0.29, 0.717) is 51.0 Å². The number of carbonyl (C=O) groups is 4. The van der Waals surface area contributed by atoms with Crippen LogP contribution >= 0.6 is 46.4 Å². The van der Waals surface area contributed by atoms with Gasteiger partial charge in [0.15, 0.2) is 0 Å². The van der Waals surface area contributed by atoms with Gasteiger partial charge >= 0.3 is 11.9 Å². The smallest absolute Gasteiger partial charge is 0.349 e. The Morgan fingerprint density at radius 1 is 0.938 bits per heavy atom. The molecule has 48 heavy (non-hydrogen) atoms. The summed E-state index contributed by atoms with van der Waals surface area (Å²) in [5.74, 6) is -1.55. The number of benzene rings is 3. The van der Waals surface area contributed by atoms with E-state index in [2.05, 4.69) is 4.74 Å². The highest BCUT2D eigenvalue weighted by molar-refractivity contribution is 6.44. The Morgan fingerprint density at radius 3 is 2.19 bits per heavy atom. The molecule has 0 unspecified atom stereocenters. The second kappa shape index (κ2) is 16.1. The van der Waals surface area contributed by atoms with Crippen molar-refractivity contribution >= 4 is 87.6 Å². The molecular weight excluding hydrogens is 710 g/mol. The van der Waals surface area contributed by atoms with Gasteiger partial charge in [-0.1, -0.05) is 46.4 Å². The van der Waals surface area contributed by atoms with Crippen molar-refractivity contribution < 1.29 is 38.3 Å². The number of rotatable bonds is 8. The van der Waals surface area contributed by atoms with Gasteiger partial charge in [-0.25, -0.2) is 14.5 Å². The number of esters is 2. The number of ether oxygens (including phenoxy) is 3. The number of hydrogen-bond acceptors (Lipinski definition) is 9. The molecule has 0 saturated carbocycles. The van der Waals surface area contributed by atoms with Crippen molar-refractivity contribution in [2.24, 2.45) is 0 Å². The molecule has 2 aliphatic rings. The summed E-state index contributed by atoms with van der Waals surface area (Å²) in [6, 6.07) is 13.1. The van der Waals surface area contributed by atoms with Gasteiger partial charge in [0.2, 0.25) is 0 Å². The number of nitro groups is 1. The molecule has 250 valence electrons. The number of methoxy groups -OCH3 is 1. The van der Waals surface area contributed by atoms with Crippen molar-refractivity contribution in [1.29, 1.82) is 0 Å². The van der Waals surface area contributed by atoms with Gasteiger partial charge in [0.1, 0.15) is 22.1 Å². The van der Waals surface area contributed by atoms with Crippen molar-refractivity contribution in [1.82, 2.24) is 0 Å². The molecule has 0 bridgehead atoms. The summed E-state index contributed by atoms with van der Waals surface area (Å²) in [7, 11) is 1.13. The van der Waals surface area contributed by atoms with Gasteiger partial charge in [-0.3, -0.25) is 19.7 Å². The molecule has 15 heteroatoms. The van der Waals surface area contributed by atoms with Crippen LogP contribution in [0.2, 0.25) is 15.1 Å². The number of carbonyl (C=O) groups excluding carboxylic acids is 4. The summed E-state index contributed by atoms with van der Waals surface area (Å²) in [6.07, 6.45) is 4.45. The maximum Gasteiger partial charge on any atom is 0.349 e. The first kappa shape index (κ1) is 36.4. The molecule has 0 aromatic heterocycles. The molecule has 1 aliphatic carbocycles. The fourth-order valence-electron chi connectivity index (χ4n) is 4.85. The molecule has 0 N–H and O–H groups in total. The Labute approximate surface area is 294 Å². The molecule has 0 atom stereocenters. The van der Waals surface area contributed by atoms with Crippen LogP contribution in [0.25, 0.3) is 6.08 Å². The normalized spacial score (nSPS) is 14.2. The number of nitro benzene ring substituents is 1. The van der Waals surface area contributed by atoms with E-state index in [9.17, 15) is 29.3 Å². The van der Waals surface area contributed by atoms with E-state index in [0.717, 1.165) is 26.0 Å². The average molecular weight is 736 g/mol. The van der Waals surface area contributed by atoms with Gasteiger partial charge in [-0.15, -0.1) is 0 Å². The van der Waals surface area contributed by atoms with Crippen molar-refractivity contribution in [3.63, 3.8) is 0 Å². The van der Waals surface area contributed by atoms with Gasteiger partial charge < -0.3 is 14.2 Å². The van der Waals surface area contributed by atoms with Crippen LogP contribution in [0.3, 0.4) is 0 Å². The Balaban J connectivity index is 0.000000220. The van der Waals surface area contributed by atoms with E-state index in [1.807, 2.05) is 0 Å². The largest absolute Gasteiger partial charge is 0.465 e. The molecule has 0 spiro atoms. The number of anilines is 1. The van der Waals surface area contributed by atoms with E-state index in [1.165, 1.54) is 29.2 Å². The lowest BCUT2D eigenvalue weighted by atomic mass is 9.93. The lowest BCUT2D eigenvalue weighted by Gasteiger charge is -2.16. The molecule has 11 nitrogen and oxygen atoms in total. The van der Waals surface area contributed by atoms with Crippen LogP contribution in [0, 0.1) is 10.1 Å². The first-order chi connectivity index (χ1) is 22.9. The van der Waals surface area contributed by atoms with E-state index in [4.69, 9.17) is 55.9 Å². The predicted octanol–water partition coefficient (Wildman–Crippen LogP) is 8.71. The van der Waals surface area contributed by atoms with Crippen molar-refractivity contribution in [3.8, 4) is 11.5 Å². The molecule has 1 heterocycles. The molecule has 3 aromatic rings. The highest BCUT2D eigenvalue weighted by Gasteiger charge is 2.39. The molecule has 0 saturated heterocycles. The van der Waals surface area contributed by atoms with Gasteiger partial charge in [0.05, 0.1) is 29.4 Å². The molecule has 1 aliphatic heterocycles. The number of hydrogen-bond donors (Lipinski definition) is 0. The van der Waals surface area contributed by atoms with Crippen LogP contribution in [-0.4, -0.2) is 42.4 Å². The minimum Gasteiger partial charge on any atom is -0.465 e. The van der Waals surface area contributed by atoms with Gasteiger partial charge in [-0.2, -0.15) is 0 Å². The van der Waals surface area contributed by atoms with Crippen molar-refractivity contribution in [2.75, 3.05) is 18.6 Å². The number of nitrogens with zero attached hydrogens (tertiary/aromatic N) is 2. The van der Waals surface area contributed by atoms with Crippen LogP contribution in [-0.2, 0) is 23.9 Å². The summed E-state index contributed by atoms with van der Waals surface area (Å²) in [4.78, 5) is 60.1. The zero-order valence-corrected chi connectivity index (χ0v) is 28.4. The van der Waals surface area contributed by atoms with Crippen LogP contribution in [0.1, 0.15) is 48.5 Å². The topological polar surface area (TPSA) is 142 Å². The van der Waals surface area contributed by atoms with Crippen LogP contribution < -0.4 is 9.64 Å². The highest BCUT2D eigenvalue weighted by Crippen LogP contribution is 2.37. The van der Waals surface area contributed by atoms with Gasteiger partial charge in [0.25, 0.3) is 17.5 Å². The number of halogens is 4. The first-order valence-corrected chi connectivity index (χ1v) is 15.8. The van der Waals surface area contributed by atoms with Crippen LogP contribution in [0.5, 0.6) is 11.5 Å². The summed E-state index contributed by atoms with van der Waals surface area (Å²) in [5, 5.41) is 11.8. The van der Waals surface area contributed by atoms with E-state index in [-0.39, 0.29) is 45.5 Å². The van der Waals surface area contributed by atoms with Gasteiger partial charge in [0, 0.05) is 33.3 Å². The number of imide groups is 1. The highest BCUT2D eigenvalue weighted by atomic mass is 35.5. The van der Waals surface area contributed by atoms with E-state index < -0.39 is 16.9 Å². The van der Waals surface area contributed by atoms with Crippen LogP contribution in [0.4, 0.5) is 11.4 Å². The second-order valence-corrected chi connectivity index (χ2v) is 11.8. The summed E-state index contributed by atoms with van der Waals surface area (Å²) >= 11 is 23.9. The van der Waals surface area contributed by atoms with Crippen LogP contribution in [0.15, 0.2) is 70.8 Å².